The standard InChI is InChI=1S/C15H14ClN3O/c1-20-15-4-2-3-13(16)12(15)9-19-14-6-5-11(18)7-10(14)8-17/h2-7,19H,9,18H2,1H3. The third-order valence-corrected chi connectivity index (χ3v) is 3.27. The van der Waals surface area contributed by atoms with E-state index in [0.29, 0.717) is 34.3 Å². The van der Waals surface area contributed by atoms with Crippen molar-refractivity contribution >= 4 is 23.0 Å². The monoisotopic (exact) mass is 287 g/mol. The first kappa shape index (κ1) is 14.0. The Kier molecular flexibility index (Phi) is 4.34. The molecule has 0 bridgehead atoms. The molecule has 3 N–H and O–H groups in total. The Morgan fingerprint density at radius 3 is 2.85 bits per heavy atom. The Morgan fingerprint density at radius 1 is 1.35 bits per heavy atom. The number of methoxy groups -OCH3 is 1. The topological polar surface area (TPSA) is 71.1 Å². The quantitative estimate of drug-likeness (QED) is 0.845. The molecule has 20 heavy (non-hydrogen) atoms. The van der Waals surface area contributed by atoms with Crippen LogP contribution in [0.15, 0.2) is 36.4 Å². The maximum Gasteiger partial charge on any atom is 0.125 e. The van der Waals surface area contributed by atoms with Gasteiger partial charge in [0.05, 0.1) is 18.4 Å². The van der Waals surface area contributed by atoms with Crippen LogP contribution in [0, 0.1) is 11.3 Å². The van der Waals surface area contributed by atoms with Gasteiger partial charge in [0.2, 0.25) is 0 Å². The van der Waals surface area contributed by atoms with Gasteiger partial charge in [-0.2, -0.15) is 5.26 Å². The molecule has 0 heterocycles. The molecule has 0 atom stereocenters. The van der Waals surface area contributed by atoms with Gasteiger partial charge in [-0.3, -0.25) is 0 Å². The molecular formula is C15H14ClN3O. The van der Waals surface area contributed by atoms with Crippen molar-refractivity contribution in [2.75, 3.05) is 18.2 Å². The summed E-state index contributed by atoms with van der Waals surface area (Å²) in [6.45, 7) is 0.460. The van der Waals surface area contributed by atoms with E-state index in [4.69, 9.17) is 27.3 Å². The van der Waals surface area contributed by atoms with E-state index in [1.165, 1.54) is 0 Å². The summed E-state index contributed by atoms with van der Waals surface area (Å²) in [5.74, 6) is 0.707. The molecule has 2 aromatic carbocycles. The van der Waals surface area contributed by atoms with Crippen molar-refractivity contribution in [3.63, 3.8) is 0 Å². The lowest BCUT2D eigenvalue weighted by atomic mass is 10.1. The van der Waals surface area contributed by atoms with Gasteiger partial charge in [-0.05, 0) is 30.3 Å². The van der Waals surface area contributed by atoms with Gasteiger partial charge in [0.15, 0.2) is 0 Å². The smallest absolute Gasteiger partial charge is 0.125 e. The summed E-state index contributed by atoms with van der Waals surface area (Å²) in [5, 5.41) is 12.9. The lowest BCUT2D eigenvalue weighted by Gasteiger charge is -2.13. The Bertz CT molecular complexity index is 665. The summed E-state index contributed by atoms with van der Waals surface area (Å²) in [7, 11) is 1.60. The van der Waals surface area contributed by atoms with Crippen molar-refractivity contribution in [2.24, 2.45) is 0 Å². The third-order valence-electron chi connectivity index (χ3n) is 2.92. The average molecular weight is 288 g/mol. The van der Waals surface area contributed by atoms with E-state index in [-0.39, 0.29) is 0 Å². The van der Waals surface area contributed by atoms with E-state index >= 15 is 0 Å². The molecule has 0 aromatic heterocycles. The Labute approximate surface area is 122 Å². The number of rotatable bonds is 4. The fraction of sp³-hybridized carbons (Fsp3) is 0.133. The van der Waals surface area contributed by atoms with Crippen LogP contribution in [0.4, 0.5) is 11.4 Å². The summed E-state index contributed by atoms with van der Waals surface area (Å²) in [6.07, 6.45) is 0. The molecule has 0 saturated heterocycles. The predicted molar refractivity (Wildman–Crippen MR) is 80.9 cm³/mol. The Hall–Kier alpha value is -2.38. The largest absolute Gasteiger partial charge is 0.496 e. The van der Waals surface area contributed by atoms with Crippen LogP contribution in [-0.4, -0.2) is 7.11 Å². The minimum Gasteiger partial charge on any atom is -0.496 e. The summed E-state index contributed by atoms with van der Waals surface area (Å²) in [6, 6.07) is 12.7. The second kappa shape index (κ2) is 6.18. The number of ether oxygens (including phenoxy) is 1. The predicted octanol–water partition coefficient (Wildman–Crippen LogP) is 3.41. The molecular weight excluding hydrogens is 274 g/mol. The van der Waals surface area contributed by atoms with Gasteiger partial charge in [-0.15, -0.1) is 0 Å². The van der Waals surface area contributed by atoms with Crippen molar-refractivity contribution in [3.05, 3.63) is 52.5 Å². The highest BCUT2D eigenvalue weighted by atomic mass is 35.5. The molecule has 0 aliphatic rings. The van der Waals surface area contributed by atoms with E-state index in [1.807, 2.05) is 12.1 Å². The number of nitriles is 1. The highest BCUT2D eigenvalue weighted by Crippen LogP contribution is 2.28. The van der Waals surface area contributed by atoms with Crippen molar-refractivity contribution in [1.29, 1.82) is 5.26 Å². The second-order valence-electron chi connectivity index (χ2n) is 4.19. The zero-order valence-corrected chi connectivity index (χ0v) is 11.7. The van der Waals surface area contributed by atoms with Gasteiger partial charge >= 0.3 is 0 Å². The second-order valence-corrected chi connectivity index (χ2v) is 4.60. The minimum absolute atomic E-state index is 0.460. The van der Waals surface area contributed by atoms with Crippen LogP contribution in [0.2, 0.25) is 5.02 Å². The van der Waals surface area contributed by atoms with E-state index in [0.717, 1.165) is 5.56 Å². The van der Waals surface area contributed by atoms with Crippen LogP contribution in [0.3, 0.4) is 0 Å². The number of hydrogen-bond donors (Lipinski definition) is 2. The average Bonchev–Trinajstić information content (AvgIpc) is 2.46. The third kappa shape index (κ3) is 2.95. The van der Waals surface area contributed by atoms with Crippen molar-refractivity contribution in [1.82, 2.24) is 0 Å². The van der Waals surface area contributed by atoms with Crippen LogP contribution < -0.4 is 15.8 Å². The zero-order valence-electron chi connectivity index (χ0n) is 11.0. The fourth-order valence-corrected chi connectivity index (χ4v) is 2.13. The van der Waals surface area contributed by atoms with E-state index in [9.17, 15) is 0 Å². The van der Waals surface area contributed by atoms with Gasteiger partial charge in [0, 0.05) is 22.8 Å². The number of anilines is 2. The molecule has 0 fully saturated rings. The summed E-state index contributed by atoms with van der Waals surface area (Å²) in [5.41, 5.74) is 8.27. The normalized spacial score (nSPS) is 9.85. The summed E-state index contributed by atoms with van der Waals surface area (Å²) in [4.78, 5) is 0. The molecule has 0 saturated carbocycles. The first-order valence-electron chi connectivity index (χ1n) is 6.00. The van der Waals surface area contributed by atoms with E-state index in [2.05, 4.69) is 11.4 Å². The van der Waals surface area contributed by atoms with Crippen LogP contribution >= 0.6 is 11.6 Å². The van der Waals surface area contributed by atoms with Crippen LogP contribution in [0.1, 0.15) is 11.1 Å². The first-order valence-corrected chi connectivity index (χ1v) is 6.38. The summed E-state index contributed by atoms with van der Waals surface area (Å²) >= 11 is 6.17. The fourth-order valence-electron chi connectivity index (χ4n) is 1.89. The van der Waals surface area contributed by atoms with E-state index < -0.39 is 0 Å². The maximum absolute atomic E-state index is 9.10. The van der Waals surface area contributed by atoms with Gasteiger partial charge in [-0.25, -0.2) is 0 Å². The lowest BCUT2D eigenvalue weighted by molar-refractivity contribution is 0.410. The molecule has 102 valence electrons. The molecule has 0 aliphatic heterocycles. The molecule has 0 radical (unpaired) electrons. The number of halogens is 1. The molecule has 2 aromatic rings. The van der Waals surface area contributed by atoms with Crippen molar-refractivity contribution in [2.45, 2.75) is 6.54 Å². The first-order chi connectivity index (χ1) is 9.65. The molecule has 4 nitrogen and oxygen atoms in total. The number of nitrogens with zero attached hydrogens (tertiary/aromatic N) is 1. The van der Waals surface area contributed by atoms with Gasteiger partial charge < -0.3 is 15.8 Å². The molecule has 0 spiro atoms. The van der Waals surface area contributed by atoms with E-state index in [1.54, 1.807) is 31.4 Å². The van der Waals surface area contributed by atoms with Crippen molar-refractivity contribution in [3.8, 4) is 11.8 Å². The van der Waals surface area contributed by atoms with Gasteiger partial charge in [-0.1, -0.05) is 17.7 Å². The minimum atomic E-state index is 0.460. The van der Waals surface area contributed by atoms with Gasteiger partial charge in [0.25, 0.3) is 0 Å². The Morgan fingerprint density at radius 2 is 2.15 bits per heavy atom. The molecule has 2 rings (SSSR count). The molecule has 0 amide bonds. The lowest BCUT2D eigenvalue weighted by Crippen LogP contribution is -2.04. The highest BCUT2D eigenvalue weighted by molar-refractivity contribution is 6.31. The zero-order chi connectivity index (χ0) is 14.5. The molecule has 0 aliphatic carbocycles. The Balaban J connectivity index is 2.24. The number of nitrogen functional groups attached to an aromatic ring is 1. The number of nitrogens with two attached hydrogens (primary N) is 1. The van der Waals surface area contributed by atoms with Crippen molar-refractivity contribution < 1.29 is 4.74 Å². The SMILES string of the molecule is COc1cccc(Cl)c1CNc1ccc(N)cc1C#N. The van der Waals surface area contributed by atoms with Crippen LogP contribution in [-0.2, 0) is 6.54 Å². The molecule has 5 heteroatoms. The molecule has 0 unspecified atom stereocenters. The number of nitrogens with one attached hydrogen (secondary N) is 1. The van der Waals surface area contributed by atoms with Gasteiger partial charge in [0.1, 0.15) is 11.8 Å². The van der Waals surface area contributed by atoms with Crippen LogP contribution in [0.25, 0.3) is 0 Å². The number of benzene rings is 2. The number of hydrogen-bond acceptors (Lipinski definition) is 4. The highest BCUT2D eigenvalue weighted by Gasteiger charge is 2.09. The maximum atomic E-state index is 9.10. The van der Waals surface area contributed by atoms with Crippen LogP contribution in [0.5, 0.6) is 5.75 Å². The summed E-state index contributed by atoms with van der Waals surface area (Å²) < 4.78 is 5.28.